The standard InChI is InChI=1S/C12H17NO.C2H6/c1-4-10-5-6-11(9(2)3)7-12(10)13-8-14;1-2/h5-9H,4H2,1-3H3,(H,13,14);1-2H3. The van der Waals surface area contributed by atoms with Crippen LogP contribution in [0.5, 0.6) is 0 Å². The number of hydrogen-bond acceptors (Lipinski definition) is 1. The molecule has 1 aromatic rings. The van der Waals surface area contributed by atoms with Gasteiger partial charge in [0.05, 0.1) is 0 Å². The molecule has 0 aliphatic heterocycles. The van der Waals surface area contributed by atoms with Crippen LogP contribution in [0.2, 0.25) is 0 Å². The smallest absolute Gasteiger partial charge is 0.211 e. The Morgan fingerprint density at radius 3 is 2.38 bits per heavy atom. The van der Waals surface area contributed by atoms with Gasteiger partial charge >= 0.3 is 0 Å². The summed E-state index contributed by atoms with van der Waals surface area (Å²) in [6, 6.07) is 6.26. The van der Waals surface area contributed by atoms with Crippen LogP contribution in [-0.4, -0.2) is 6.41 Å². The summed E-state index contributed by atoms with van der Waals surface area (Å²) < 4.78 is 0. The van der Waals surface area contributed by atoms with E-state index in [1.165, 1.54) is 11.1 Å². The van der Waals surface area contributed by atoms with E-state index in [1.54, 1.807) is 0 Å². The minimum absolute atomic E-state index is 0.494. The second kappa shape index (κ2) is 7.91. The molecule has 0 radical (unpaired) electrons. The number of aryl methyl sites for hydroxylation is 1. The lowest BCUT2D eigenvalue weighted by Gasteiger charge is -2.11. The van der Waals surface area contributed by atoms with Crippen molar-refractivity contribution in [2.24, 2.45) is 0 Å². The van der Waals surface area contributed by atoms with E-state index in [2.05, 4.69) is 44.3 Å². The monoisotopic (exact) mass is 221 g/mol. The molecule has 0 aliphatic carbocycles. The number of rotatable bonds is 4. The van der Waals surface area contributed by atoms with E-state index in [-0.39, 0.29) is 0 Å². The highest BCUT2D eigenvalue weighted by Gasteiger charge is 2.04. The fraction of sp³-hybridized carbons (Fsp3) is 0.500. The van der Waals surface area contributed by atoms with Crippen molar-refractivity contribution in [1.29, 1.82) is 0 Å². The van der Waals surface area contributed by atoms with E-state index >= 15 is 0 Å². The molecule has 2 nitrogen and oxygen atoms in total. The van der Waals surface area contributed by atoms with Gasteiger partial charge < -0.3 is 5.32 Å². The van der Waals surface area contributed by atoms with Crippen molar-refractivity contribution in [2.45, 2.75) is 47.0 Å². The zero-order chi connectivity index (χ0) is 12.6. The SMILES string of the molecule is CC.CCc1ccc(C(C)C)cc1NC=O. The number of hydrogen-bond donors (Lipinski definition) is 1. The summed E-state index contributed by atoms with van der Waals surface area (Å²) in [5.41, 5.74) is 3.38. The molecule has 1 amide bonds. The molecule has 1 aromatic carbocycles. The average Bonchev–Trinajstić information content (AvgIpc) is 2.32. The third-order valence-electron chi connectivity index (χ3n) is 2.40. The van der Waals surface area contributed by atoms with Crippen LogP contribution in [0, 0.1) is 0 Å². The molecule has 2 heteroatoms. The van der Waals surface area contributed by atoms with E-state index < -0.39 is 0 Å². The topological polar surface area (TPSA) is 29.1 Å². The Kier molecular flexibility index (Phi) is 7.27. The predicted octanol–water partition coefficient (Wildman–Crippen LogP) is 3.97. The minimum Gasteiger partial charge on any atom is -0.328 e. The molecule has 0 spiro atoms. The van der Waals surface area contributed by atoms with E-state index in [0.29, 0.717) is 5.92 Å². The fourth-order valence-corrected chi connectivity index (χ4v) is 1.46. The van der Waals surface area contributed by atoms with Crippen LogP contribution in [0.3, 0.4) is 0 Å². The van der Waals surface area contributed by atoms with Crippen LogP contribution >= 0.6 is 0 Å². The Morgan fingerprint density at radius 2 is 1.94 bits per heavy atom. The molecule has 1 rings (SSSR count). The molecule has 1 N–H and O–H groups in total. The molecule has 0 unspecified atom stereocenters. The predicted molar refractivity (Wildman–Crippen MR) is 70.9 cm³/mol. The molecule has 90 valence electrons. The first kappa shape index (κ1) is 14.7. The first-order chi connectivity index (χ1) is 7.69. The van der Waals surface area contributed by atoms with Crippen LogP contribution in [0.1, 0.15) is 51.7 Å². The molecular weight excluding hydrogens is 198 g/mol. The van der Waals surface area contributed by atoms with Crippen molar-refractivity contribution in [3.8, 4) is 0 Å². The van der Waals surface area contributed by atoms with Gasteiger partial charge in [-0.1, -0.05) is 46.8 Å². The first-order valence-corrected chi connectivity index (χ1v) is 6.02. The van der Waals surface area contributed by atoms with E-state index in [1.807, 2.05) is 13.8 Å². The van der Waals surface area contributed by atoms with Gasteiger partial charge in [0.25, 0.3) is 0 Å². The number of anilines is 1. The fourth-order valence-electron chi connectivity index (χ4n) is 1.46. The molecule has 0 bridgehead atoms. The Bertz CT molecular complexity index is 319. The molecule has 0 atom stereocenters. The maximum absolute atomic E-state index is 10.4. The lowest BCUT2D eigenvalue weighted by molar-refractivity contribution is -0.105. The van der Waals surface area contributed by atoms with Gasteiger partial charge in [-0.3, -0.25) is 4.79 Å². The van der Waals surface area contributed by atoms with Crippen molar-refractivity contribution in [3.05, 3.63) is 29.3 Å². The summed E-state index contributed by atoms with van der Waals surface area (Å²) in [5, 5.41) is 2.74. The number of amides is 1. The molecule has 0 saturated carbocycles. The lowest BCUT2D eigenvalue weighted by Crippen LogP contribution is -2.00. The van der Waals surface area contributed by atoms with Crippen LogP contribution < -0.4 is 5.32 Å². The Hall–Kier alpha value is -1.31. The normalized spacial score (nSPS) is 9.38. The van der Waals surface area contributed by atoms with E-state index in [4.69, 9.17) is 0 Å². The quantitative estimate of drug-likeness (QED) is 0.766. The number of nitrogens with one attached hydrogen (secondary N) is 1. The number of benzene rings is 1. The number of carbonyl (C=O) groups is 1. The van der Waals surface area contributed by atoms with Gasteiger partial charge in [-0.25, -0.2) is 0 Å². The van der Waals surface area contributed by atoms with Gasteiger partial charge in [0.1, 0.15) is 0 Å². The van der Waals surface area contributed by atoms with Gasteiger partial charge in [0.15, 0.2) is 0 Å². The number of carbonyl (C=O) groups excluding carboxylic acids is 1. The summed E-state index contributed by atoms with van der Waals surface area (Å²) in [7, 11) is 0. The lowest BCUT2D eigenvalue weighted by atomic mass is 9.99. The molecule has 0 aromatic heterocycles. The van der Waals surface area contributed by atoms with Crippen molar-refractivity contribution >= 4 is 12.1 Å². The molecule has 0 aliphatic rings. The highest BCUT2D eigenvalue weighted by molar-refractivity contribution is 5.73. The Labute approximate surface area is 99.1 Å². The molecule has 0 heterocycles. The zero-order valence-corrected chi connectivity index (χ0v) is 11.0. The second-order valence-electron chi connectivity index (χ2n) is 3.69. The summed E-state index contributed by atoms with van der Waals surface area (Å²) in [6.45, 7) is 10.4. The summed E-state index contributed by atoms with van der Waals surface area (Å²) in [6.07, 6.45) is 1.67. The van der Waals surface area contributed by atoms with Crippen molar-refractivity contribution in [1.82, 2.24) is 0 Å². The third kappa shape index (κ3) is 4.05. The zero-order valence-electron chi connectivity index (χ0n) is 11.0. The largest absolute Gasteiger partial charge is 0.328 e. The molecule has 0 fully saturated rings. The molecular formula is C14H23NO. The Morgan fingerprint density at radius 1 is 1.31 bits per heavy atom. The Balaban J connectivity index is 0.00000106. The van der Waals surface area contributed by atoms with Crippen molar-refractivity contribution in [3.63, 3.8) is 0 Å². The highest BCUT2D eigenvalue weighted by atomic mass is 16.1. The molecule has 0 saturated heterocycles. The van der Waals surface area contributed by atoms with Crippen LogP contribution in [0.15, 0.2) is 18.2 Å². The van der Waals surface area contributed by atoms with Crippen molar-refractivity contribution in [2.75, 3.05) is 5.32 Å². The average molecular weight is 221 g/mol. The van der Waals surface area contributed by atoms with Gasteiger partial charge in [0, 0.05) is 5.69 Å². The van der Waals surface area contributed by atoms with E-state index in [0.717, 1.165) is 18.5 Å². The van der Waals surface area contributed by atoms with Crippen LogP contribution in [0.25, 0.3) is 0 Å². The minimum atomic E-state index is 0.494. The van der Waals surface area contributed by atoms with Gasteiger partial charge in [-0.05, 0) is 29.5 Å². The van der Waals surface area contributed by atoms with Gasteiger partial charge in [-0.15, -0.1) is 0 Å². The maximum Gasteiger partial charge on any atom is 0.211 e. The third-order valence-corrected chi connectivity index (χ3v) is 2.40. The van der Waals surface area contributed by atoms with E-state index in [9.17, 15) is 4.79 Å². The summed E-state index contributed by atoms with van der Waals surface area (Å²) in [5.74, 6) is 0.494. The van der Waals surface area contributed by atoms with Crippen LogP contribution in [0.4, 0.5) is 5.69 Å². The summed E-state index contributed by atoms with van der Waals surface area (Å²) in [4.78, 5) is 10.4. The maximum atomic E-state index is 10.4. The van der Waals surface area contributed by atoms with Gasteiger partial charge in [0.2, 0.25) is 6.41 Å². The van der Waals surface area contributed by atoms with Crippen molar-refractivity contribution < 1.29 is 4.79 Å². The van der Waals surface area contributed by atoms with Gasteiger partial charge in [-0.2, -0.15) is 0 Å². The first-order valence-electron chi connectivity index (χ1n) is 6.02. The summed E-state index contributed by atoms with van der Waals surface area (Å²) >= 11 is 0. The van der Waals surface area contributed by atoms with Crippen LogP contribution in [-0.2, 0) is 11.2 Å². The second-order valence-corrected chi connectivity index (χ2v) is 3.69. The highest BCUT2D eigenvalue weighted by Crippen LogP contribution is 2.22. The molecule has 16 heavy (non-hydrogen) atoms.